The Kier molecular flexibility index (Phi) is 5.37. The molecule has 5 nitrogen and oxygen atoms in total. The average molecular weight is 286 g/mol. The first kappa shape index (κ1) is 15.1. The number of urea groups is 1. The molecule has 21 heavy (non-hydrogen) atoms. The predicted molar refractivity (Wildman–Crippen MR) is 83.0 cm³/mol. The number of nitrogens with zero attached hydrogens (tertiary/aromatic N) is 2. The van der Waals surface area contributed by atoms with Crippen LogP contribution in [0.15, 0.2) is 36.7 Å². The van der Waals surface area contributed by atoms with E-state index in [4.69, 9.17) is 0 Å². The van der Waals surface area contributed by atoms with Gasteiger partial charge in [-0.1, -0.05) is 29.8 Å². The van der Waals surface area contributed by atoms with E-state index in [0.717, 1.165) is 24.1 Å². The first-order chi connectivity index (χ1) is 10.1. The van der Waals surface area contributed by atoms with Gasteiger partial charge in [-0.2, -0.15) is 5.10 Å². The molecule has 0 spiro atoms. The zero-order chi connectivity index (χ0) is 15.1. The van der Waals surface area contributed by atoms with Gasteiger partial charge < -0.3 is 10.6 Å². The standard InChI is InChI=1S/C16H22N4O/c1-13-4-6-15(7-5-13)11-18-16(21)17-8-3-9-20-12-14(2)10-19-20/h4-7,10,12H,3,8-9,11H2,1-2H3,(H2,17,18,21). The van der Waals surface area contributed by atoms with Gasteiger partial charge in [0.1, 0.15) is 0 Å². The fourth-order valence-corrected chi connectivity index (χ4v) is 1.98. The monoisotopic (exact) mass is 286 g/mol. The molecule has 1 aromatic heterocycles. The van der Waals surface area contributed by atoms with Crippen molar-refractivity contribution >= 4 is 6.03 Å². The molecule has 2 amide bonds. The number of aromatic nitrogens is 2. The van der Waals surface area contributed by atoms with Gasteiger partial charge in [-0.25, -0.2) is 4.79 Å². The van der Waals surface area contributed by atoms with E-state index in [-0.39, 0.29) is 6.03 Å². The van der Waals surface area contributed by atoms with Gasteiger partial charge in [-0.3, -0.25) is 4.68 Å². The third-order valence-corrected chi connectivity index (χ3v) is 3.19. The fourth-order valence-electron chi connectivity index (χ4n) is 1.98. The second kappa shape index (κ2) is 7.47. The number of rotatable bonds is 6. The maximum atomic E-state index is 11.7. The molecule has 0 aliphatic rings. The minimum absolute atomic E-state index is 0.132. The Morgan fingerprint density at radius 3 is 2.57 bits per heavy atom. The largest absolute Gasteiger partial charge is 0.338 e. The molecule has 0 radical (unpaired) electrons. The molecule has 0 atom stereocenters. The molecular weight excluding hydrogens is 264 g/mol. The number of benzene rings is 1. The van der Waals surface area contributed by atoms with Crippen molar-refractivity contribution in [1.29, 1.82) is 0 Å². The summed E-state index contributed by atoms with van der Waals surface area (Å²) in [7, 11) is 0. The first-order valence-corrected chi connectivity index (χ1v) is 7.20. The summed E-state index contributed by atoms with van der Waals surface area (Å²) in [6, 6.07) is 8.00. The van der Waals surface area contributed by atoms with E-state index >= 15 is 0 Å². The van der Waals surface area contributed by atoms with E-state index in [1.165, 1.54) is 5.56 Å². The van der Waals surface area contributed by atoms with Crippen LogP contribution in [-0.4, -0.2) is 22.4 Å². The minimum atomic E-state index is -0.132. The molecular formula is C16H22N4O. The van der Waals surface area contributed by atoms with Crippen LogP contribution in [0.1, 0.15) is 23.1 Å². The SMILES string of the molecule is Cc1ccc(CNC(=O)NCCCn2cc(C)cn2)cc1. The fraction of sp³-hybridized carbons (Fsp3) is 0.375. The molecule has 2 rings (SSSR count). The smallest absolute Gasteiger partial charge is 0.315 e. The molecule has 0 bridgehead atoms. The van der Waals surface area contributed by atoms with Gasteiger partial charge in [0, 0.05) is 25.8 Å². The summed E-state index contributed by atoms with van der Waals surface area (Å²) < 4.78 is 1.89. The van der Waals surface area contributed by atoms with Crippen LogP contribution in [0.5, 0.6) is 0 Å². The van der Waals surface area contributed by atoms with Crippen LogP contribution in [-0.2, 0) is 13.1 Å². The number of hydrogen-bond donors (Lipinski definition) is 2. The van der Waals surface area contributed by atoms with Crippen molar-refractivity contribution in [3.05, 3.63) is 53.3 Å². The quantitative estimate of drug-likeness (QED) is 0.801. The summed E-state index contributed by atoms with van der Waals surface area (Å²) >= 11 is 0. The lowest BCUT2D eigenvalue weighted by Gasteiger charge is -2.08. The topological polar surface area (TPSA) is 59.0 Å². The number of amides is 2. The van der Waals surface area contributed by atoms with Crippen molar-refractivity contribution in [2.24, 2.45) is 0 Å². The van der Waals surface area contributed by atoms with Gasteiger partial charge in [0.15, 0.2) is 0 Å². The van der Waals surface area contributed by atoms with Gasteiger partial charge >= 0.3 is 6.03 Å². The first-order valence-electron chi connectivity index (χ1n) is 7.20. The molecule has 2 aromatic rings. The lowest BCUT2D eigenvalue weighted by atomic mass is 10.1. The average Bonchev–Trinajstić information content (AvgIpc) is 2.89. The maximum absolute atomic E-state index is 11.7. The Labute approximate surface area is 125 Å². The summed E-state index contributed by atoms with van der Waals surface area (Å²) in [6.45, 7) is 6.06. The third-order valence-electron chi connectivity index (χ3n) is 3.19. The highest BCUT2D eigenvalue weighted by Crippen LogP contribution is 2.02. The van der Waals surface area contributed by atoms with Gasteiger partial charge in [0.2, 0.25) is 0 Å². The summed E-state index contributed by atoms with van der Waals surface area (Å²) in [6.07, 6.45) is 4.69. The number of carbonyl (C=O) groups is 1. The van der Waals surface area contributed by atoms with Crippen molar-refractivity contribution in [1.82, 2.24) is 20.4 Å². The second-order valence-electron chi connectivity index (χ2n) is 5.23. The molecule has 0 aliphatic heterocycles. The summed E-state index contributed by atoms with van der Waals surface area (Å²) in [5.41, 5.74) is 3.47. The van der Waals surface area contributed by atoms with Gasteiger partial charge in [0.05, 0.1) is 6.20 Å². The third kappa shape index (κ3) is 5.30. The number of aryl methyl sites for hydroxylation is 3. The molecule has 0 saturated heterocycles. The number of nitrogens with one attached hydrogen (secondary N) is 2. The van der Waals surface area contributed by atoms with E-state index in [1.807, 2.05) is 55.2 Å². The van der Waals surface area contributed by atoms with Crippen molar-refractivity contribution in [3.8, 4) is 0 Å². The van der Waals surface area contributed by atoms with E-state index in [1.54, 1.807) is 0 Å². The van der Waals surface area contributed by atoms with Crippen molar-refractivity contribution in [2.45, 2.75) is 33.4 Å². The molecule has 5 heteroatoms. The van der Waals surface area contributed by atoms with Crippen molar-refractivity contribution in [2.75, 3.05) is 6.54 Å². The lowest BCUT2D eigenvalue weighted by Crippen LogP contribution is -2.35. The Morgan fingerprint density at radius 1 is 1.14 bits per heavy atom. The normalized spacial score (nSPS) is 10.4. The van der Waals surface area contributed by atoms with Crippen molar-refractivity contribution < 1.29 is 4.79 Å². The highest BCUT2D eigenvalue weighted by atomic mass is 16.2. The molecule has 1 heterocycles. The molecule has 1 aromatic carbocycles. The van der Waals surface area contributed by atoms with Gasteiger partial charge in [0.25, 0.3) is 0 Å². The minimum Gasteiger partial charge on any atom is -0.338 e. The Bertz CT molecular complexity index is 574. The van der Waals surface area contributed by atoms with E-state index in [2.05, 4.69) is 15.7 Å². The second-order valence-corrected chi connectivity index (χ2v) is 5.23. The highest BCUT2D eigenvalue weighted by Gasteiger charge is 2.00. The number of carbonyl (C=O) groups excluding carboxylic acids is 1. The maximum Gasteiger partial charge on any atom is 0.315 e. The highest BCUT2D eigenvalue weighted by molar-refractivity contribution is 5.73. The lowest BCUT2D eigenvalue weighted by molar-refractivity contribution is 0.240. The van der Waals surface area contributed by atoms with Crippen molar-refractivity contribution in [3.63, 3.8) is 0 Å². The summed E-state index contributed by atoms with van der Waals surface area (Å²) in [4.78, 5) is 11.7. The van der Waals surface area contributed by atoms with Crippen LogP contribution in [0.2, 0.25) is 0 Å². The van der Waals surface area contributed by atoms with Crippen LogP contribution < -0.4 is 10.6 Å². The molecule has 2 N–H and O–H groups in total. The van der Waals surface area contributed by atoms with E-state index in [0.29, 0.717) is 13.1 Å². The van der Waals surface area contributed by atoms with Crippen LogP contribution >= 0.6 is 0 Å². The van der Waals surface area contributed by atoms with Crippen LogP contribution in [0.25, 0.3) is 0 Å². The Morgan fingerprint density at radius 2 is 1.90 bits per heavy atom. The van der Waals surface area contributed by atoms with Crippen LogP contribution in [0.3, 0.4) is 0 Å². The zero-order valence-corrected chi connectivity index (χ0v) is 12.6. The molecule has 0 saturated carbocycles. The Hall–Kier alpha value is -2.30. The summed E-state index contributed by atoms with van der Waals surface area (Å²) in [5.74, 6) is 0. The summed E-state index contributed by atoms with van der Waals surface area (Å²) in [5, 5.41) is 9.90. The van der Waals surface area contributed by atoms with Gasteiger partial charge in [-0.15, -0.1) is 0 Å². The zero-order valence-electron chi connectivity index (χ0n) is 12.6. The van der Waals surface area contributed by atoms with Gasteiger partial charge in [-0.05, 0) is 31.4 Å². The molecule has 0 aliphatic carbocycles. The molecule has 0 fully saturated rings. The molecule has 0 unspecified atom stereocenters. The number of hydrogen-bond acceptors (Lipinski definition) is 2. The molecule has 112 valence electrons. The van der Waals surface area contributed by atoms with Crippen LogP contribution in [0.4, 0.5) is 4.79 Å². The van der Waals surface area contributed by atoms with Crippen LogP contribution in [0, 0.1) is 13.8 Å². The Balaban J connectivity index is 1.60. The van der Waals surface area contributed by atoms with E-state index in [9.17, 15) is 4.79 Å². The van der Waals surface area contributed by atoms with E-state index < -0.39 is 0 Å². The predicted octanol–water partition coefficient (Wildman–Crippen LogP) is 2.39.